The number of nitrogens with one attached hydrogen (secondary N) is 2. The number of carbonyl (C=O) groups excluding carboxylic acids is 2. The van der Waals surface area contributed by atoms with Crippen LogP contribution in [0.15, 0.2) is 21.7 Å². The van der Waals surface area contributed by atoms with E-state index < -0.39 is 5.91 Å². The van der Waals surface area contributed by atoms with Crippen LogP contribution in [0.5, 0.6) is 11.5 Å². The first-order valence-corrected chi connectivity index (χ1v) is 7.45. The number of amides is 2. The molecule has 0 unspecified atom stereocenters. The number of hydrazone groups is 1. The fourth-order valence-electron chi connectivity index (χ4n) is 1.76. The summed E-state index contributed by atoms with van der Waals surface area (Å²) >= 11 is 3.38. The number of rotatable bonds is 5. The van der Waals surface area contributed by atoms with Gasteiger partial charge in [0.25, 0.3) is 0 Å². The average Bonchev–Trinajstić information content (AvgIpc) is 2.84. The summed E-state index contributed by atoms with van der Waals surface area (Å²) in [5.41, 5.74) is 3.03. The maximum absolute atomic E-state index is 11.6. The summed E-state index contributed by atoms with van der Waals surface area (Å²) in [6, 6.07) is 3.50. The summed E-state index contributed by atoms with van der Waals surface area (Å²) in [5.74, 6) is 0.448. The van der Waals surface area contributed by atoms with E-state index in [1.165, 1.54) is 6.21 Å². The number of hydrogen-bond acceptors (Lipinski definition) is 5. The van der Waals surface area contributed by atoms with Gasteiger partial charge in [-0.15, -0.1) is 0 Å². The van der Waals surface area contributed by atoms with E-state index in [0.29, 0.717) is 11.5 Å². The van der Waals surface area contributed by atoms with Gasteiger partial charge in [-0.1, -0.05) is 0 Å². The molecule has 22 heavy (non-hydrogen) atoms. The molecule has 0 aromatic heterocycles. The third-order valence-corrected chi connectivity index (χ3v) is 3.34. The van der Waals surface area contributed by atoms with E-state index in [4.69, 9.17) is 9.47 Å². The van der Waals surface area contributed by atoms with Crippen LogP contribution in [0.3, 0.4) is 0 Å². The minimum Gasteiger partial charge on any atom is -0.454 e. The molecule has 1 heterocycles. The van der Waals surface area contributed by atoms with Crippen LogP contribution in [0.4, 0.5) is 0 Å². The van der Waals surface area contributed by atoms with E-state index in [0.717, 1.165) is 10.0 Å². The molecule has 118 valence electrons. The third-order valence-electron chi connectivity index (χ3n) is 2.66. The Kier molecular flexibility index (Phi) is 5.37. The van der Waals surface area contributed by atoms with Gasteiger partial charge in [0.2, 0.25) is 18.6 Å². The normalized spacial score (nSPS) is 12.7. The van der Waals surface area contributed by atoms with Crippen molar-refractivity contribution in [3.8, 4) is 11.5 Å². The molecule has 0 bridgehead atoms. The van der Waals surface area contributed by atoms with Gasteiger partial charge in [0.05, 0.1) is 6.21 Å². The summed E-state index contributed by atoms with van der Waals surface area (Å²) in [7, 11) is 0. The standard InChI is InChI=1S/C14H16BrN3O4/c1-8(2)17-13(19)5-14(20)18-16-6-9-3-11-12(4-10(9)15)22-7-21-11/h3-4,6,8H,5,7H2,1-2H3,(H,17,19)(H,18,20)/b16-6+. The second kappa shape index (κ2) is 7.26. The highest BCUT2D eigenvalue weighted by Gasteiger charge is 2.15. The molecule has 7 nitrogen and oxygen atoms in total. The monoisotopic (exact) mass is 369 g/mol. The van der Waals surface area contributed by atoms with Crippen LogP contribution in [-0.4, -0.2) is 30.9 Å². The van der Waals surface area contributed by atoms with E-state index in [-0.39, 0.29) is 25.2 Å². The number of benzene rings is 1. The fourth-order valence-corrected chi connectivity index (χ4v) is 2.19. The number of halogens is 1. The topological polar surface area (TPSA) is 89.0 Å². The van der Waals surface area contributed by atoms with Gasteiger partial charge in [0.1, 0.15) is 6.42 Å². The molecule has 0 fully saturated rings. The molecule has 0 saturated carbocycles. The smallest absolute Gasteiger partial charge is 0.249 e. The molecule has 0 aliphatic carbocycles. The highest BCUT2D eigenvalue weighted by molar-refractivity contribution is 9.10. The Bertz CT molecular complexity index is 616. The van der Waals surface area contributed by atoms with Gasteiger partial charge in [0.15, 0.2) is 11.5 Å². The third kappa shape index (κ3) is 4.45. The first kappa shape index (κ1) is 16.3. The van der Waals surface area contributed by atoms with Crippen LogP contribution in [0.2, 0.25) is 0 Å². The minimum absolute atomic E-state index is 0.00612. The molecule has 1 aliphatic heterocycles. The van der Waals surface area contributed by atoms with Crippen molar-refractivity contribution < 1.29 is 19.1 Å². The van der Waals surface area contributed by atoms with Crippen molar-refractivity contribution in [2.24, 2.45) is 5.10 Å². The van der Waals surface area contributed by atoms with Crippen molar-refractivity contribution in [3.05, 3.63) is 22.2 Å². The Labute approximate surface area is 136 Å². The van der Waals surface area contributed by atoms with E-state index in [1.54, 1.807) is 12.1 Å². The van der Waals surface area contributed by atoms with Crippen LogP contribution >= 0.6 is 15.9 Å². The molecular weight excluding hydrogens is 354 g/mol. The molecule has 2 rings (SSSR count). The fraction of sp³-hybridized carbons (Fsp3) is 0.357. The molecular formula is C14H16BrN3O4. The Morgan fingerprint density at radius 3 is 2.68 bits per heavy atom. The Balaban J connectivity index is 1.90. The molecule has 2 amide bonds. The average molecular weight is 370 g/mol. The summed E-state index contributed by atoms with van der Waals surface area (Å²) in [6.45, 7) is 3.83. The zero-order valence-corrected chi connectivity index (χ0v) is 13.8. The van der Waals surface area contributed by atoms with Gasteiger partial charge in [-0.05, 0) is 41.9 Å². The Hall–Kier alpha value is -2.09. The largest absolute Gasteiger partial charge is 0.454 e. The number of carbonyl (C=O) groups is 2. The zero-order chi connectivity index (χ0) is 16.1. The summed E-state index contributed by atoms with van der Waals surface area (Å²) in [4.78, 5) is 23.0. The zero-order valence-electron chi connectivity index (χ0n) is 12.2. The predicted octanol–water partition coefficient (Wildman–Crippen LogP) is 1.54. The van der Waals surface area contributed by atoms with Crippen molar-refractivity contribution in [2.45, 2.75) is 26.3 Å². The van der Waals surface area contributed by atoms with Crippen molar-refractivity contribution >= 4 is 34.0 Å². The van der Waals surface area contributed by atoms with Gasteiger partial charge < -0.3 is 14.8 Å². The number of ether oxygens (including phenoxy) is 2. The quantitative estimate of drug-likeness (QED) is 0.468. The molecule has 0 saturated heterocycles. The van der Waals surface area contributed by atoms with Crippen molar-refractivity contribution in [1.82, 2.24) is 10.7 Å². The first-order chi connectivity index (χ1) is 10.5. The van der Waals surface area contributed by atoms with Gasteiger partial charge in [-0.25, -0.2) is 5.43 Å². The lowest BCUT2D eigenvalue weighted by atomic mass is 10.2. The highest BCUT2D eigenvalue weighted by atomic mass is 79.9. The lowest BCUT2D eigenvalue weighted by Gasteiger charge is -2.07. The van der Waals surface area contributed by atoms with Crippen LogP contribution in [0.25, 0.3) is 0 Å². The second-order valence-electron chi connectivity index (χ2n) is 4.92. The molecule has 1 aromatic carbocycles. The van der Waals surface area contributed by atoms with Crippen molar-refractivity contribution in [3.63, 3.8) is 0 Å². The Morgan fingerprint density at radius 1 is 1.32 bits per heavy atom. The van der Waals surface area contributed by atoms with Crippen molar-refractivity contribution in [1.29, 1.82) is 0 Å². The van der Waals surface area contributed by atoms with Crippen LogP contribution in [-0.2, 0) is 9.59 Å². The van der Waals surface area contributed by atoms with Gasteiger partial charge in [-0.2, -0.15) is 5.10 Å². The molecule has 8 heteroatoms. The molecule has 2 N–H and O–H groups in total. The molecule has 0 spiro atoms. The molecule has 1 aliphatic rings. The minimum atomic E-state index is -0.480. The van der Waals surface area contributed by atoms with Gasteiger partial charge in [-0.3, -0.25) is 9.59 Å². The van der Waals surface area contributed by atoms with Crippen molar-refractivity contribution in [2.75, 3.05) is 6.79 Å². The van der Waals surface area contributed by atoms with Gasteiger partial charge >= 0.3 is 0 Å². The van der Waals surface area contributed by atoms with Crippen LogP contribution < -0.4 is 20.2 Å². The lowest BCUT2D eigenvalue weighted by Crippen LogP contribution is -2.34. The van der Waals surface area contributed by atoms with Crippen LogP contribution in [0, 0.1) is 0 Å². The molecule has 1 aromatic rings. The first-order valence-electron chi connectivity index (χ1n) is 6.66. The van der Waals surface area contributed by atoms with E-state index >= 15 is 0 Å². The lowest BCUT2D eigenvalue weighted by molar-refractivity contribution is -0.129. The summed E-state index contributed by atoms with van der Waals surface area (Å²) in [6.07, 6.45) is 1.20. The van der Waals surface area contributed by atoms with E-state index in [2.05, 4.69) is 31.8 Å². The van der Waals surface area contributed by atoms with E-state index in [9.17, 15) is 9.59 Å². The molecule has 0 radical (unpaired) electrons. The number of hydrogen-bond donors (Lipinski definition) is 2. The predicted molar refractivity (Wildman–Crippen MR) is 83.9 cm³/mol. The SMILES string of the molecule is CC(C)NC(=O)CC(=O)N/N=C/c1cc2c(cc1Br)OCO2. The van der Waals surface area contributed by atoms with E-state index in [1.807, 2.05) is 13.8 Å². The van der Waals surface area contributed by atoms with Gasteiger partial charge in [0, 0.05) is 16.1 Å². The summed E-state index contributed by atoms with van der Waals surface area (Å²) < 4.78 is 11.3. The van der Waals surface area contributed by atoms with Crippen LogP contribution in [0.1, 0.15) is 25.8 Å². The number of nitrogens with zero attached hydrogens (tertiary/aromatic N) is 1. The second-order valence-corrected chi connectivity index (χ2v) is 5.77. The number of fused-ring (bicyclic) bond motifs is 1. The summed E-state index contributed by atoms with van der Waals surface area (Å²) in [5, 5.41) is 6.46. The maximum Gasteiger partial charge on any atom is 0.249 e. The molecule has 0 atom stereocenters. The maximum atomic E-state index is 11.6. The highest BCUT2D eigenvalue weighted by Crippen LogP contribution is 2.36. The Morgan fingerprint density at radius 2 is 2.00 bits per heavy atom.